The maximum atomic E-state index is 12.6. The van der Waals surface area contributed by atoms with Crippen LogP contribution in [0.25, 0.3) is 0 Å². The van der Waals surface area contributed by atoms with Crippen LogP contribution < -0.4 is 5.56 Å². The zero-order chi connectivity index (χ0) is 9.35. The minimum atomic E-state index is -4.18. The Morgan fingerprint density at radius 1 is 1.50 bits per heavy atom. The van der Waals surface area contributed by atoms with Crippen LogP contribution in [-0.2, 0) is 9.05 Å². The molecule has 0 spiro atoms. The molecule has 1 heterocycles. The van der Waals surface area contributed by atoms with Crippen LogP contribution in [0.1, 0.15) is 0 Å². The van der Waals surface area contributed by atoms with E-state index in [1.807, 2.05) is 4.98 Å². The van der Waals surface area contributed by atoms with Crippen molar-refractivity contribution in [3.63, 3.8) is 0 Å². The van der Waals surface area contributed by atoms with E-state index in [4.69, 9.17) is 10.7 Å². The summed E-state index contributed by atoms with van der Waals surface area (Å²) in [6, 6.07) is 0.581. The average Bonchev–Trinajstić information content (AvgIpc) is 1.92. The molecule has 0 saturated carbocycles. The Morgan fingerprint density at radius 3 is 2.50 bits per heavy atom. The molecule has 0 radical (unpaired) electrons. The van der Waals surface area contributed by atoms with E-state index in [9.17, 15) is 17.6 Å². The molecule has 0 atom stereocenters. The highest BCUT2D eigenvalue weighted by atomic mass is 35.7. The topological polar surface area (TPSA) is 67.0 Å². The summed E-state index contributed by atoms with van der Waals surface area (Å²) in [5, 5.41) is 0. The lowest BCUT2D eigenvalue weighted by molar-refractivity contribution is 0.570. The fourth-order valence-electron chi connectivity index (χ4n) is 0.622. The Bertz CT molecular complexity index is 452. The van der Waals surface area contributed by atoms with E-state index in [0.29, 0.717) is 12.3 Å². The van der Waals surface area contributed by atoms with Gasteiger partial charge in [0.25, 0.3) is 9.05 Å². The molecule has 0 bridgehead atoms. The van der Waals surface area contributed by atoms with Crippen molar-refractivity contribution < 1.29 is 12.8 Å². The van der Waals surface area contributed by atoms with Gasteiger partial charge in [0.05, 0.1) is 0 Å². The normalized spacial score (nSPS) is 11.5. The Morgan fingerprint density at radius 2 is 2.08 bits per heavy atom. The number of H-pyrrole nitrogens is 1. The van der Waals surface area contributed by atoms with Crippen LogP contribution in [0.2, 0.25) is 0 Å². The summed E-state index contributed by atoms with van der Waals surface area (Å²) in [6.45, 7) is 0. The van der Waals surface area contributed by atoms with Gasteiger partial charge < -0.3 is 4.98 Å². The van der Waals surface area contributed by atoms with Crippen molar-refractivity contribution in [3.05, 3.63) is 28.4 Å². The molecule has 0 unspecified atom stereocenters. The van der Waals surface area contributed by atoms with Crippen LogP contribution in [0.5, 0.6) is 0 Å². The van der Waals surface area contributed by atoms with Gasteiger partial charge in [0.2, 0.25) is 5.56 Å². The molecule has 12 heavy (non-hydrogen) atoms. The second kappa shape index (κ2) is 2.87. The molecular formula is C5H3ClFNO3S. The second-order valence-electron chi connectivity index (χ2n) is 1.95. The number of halogens is 2. The first-order valence-electron chi connectivity index (χ1n) is 2.74. The summed E-state index contributed by atoms with van der Waals surface area (Å²) in [5.41, 5.74) is -0.726. The third kappa shape index (κ3) is 1.83. The maximum Gasteiger partial charge on any atom is 0.264 e. The molecule has 1 aromatic heterocycles. The smallest absolute Gasteiger partial charge is 0.264 e. The van der Waals surface area contributed by atoms with Gasteiger partial charge in [0.15, 0.2) is 5.82 Å². The van der Waals surface area contributed by atoms with E-state index < -0.39 is 25.3 Å². The largest absolute Gasteiger partial charge is 0.326 e. The first-order chi connectivity index (χ1) is 5.41. The van der Waals surface area contributed by atoms with Crippen molar-refractivity contribution in [3.8, 4) is 0 Å². The third-order valence-corrected chi connectivity index (χ3v) is 2.44. The van der Waals surface area contributed by atoms with E-state index in [2.05, 4.69) is 0 Å². The van der Waals surface area contributed by atoms with Gasteiger partial charge in [-0.25, -0.2) is 12.8 Å². The van der Waals surface area contributed by atoms with Crippen LogP contribution in [-0.4, -0.2) is 13.4 Å². The summed E-state index contributed by atoms with van der Waals surface area (Å²) < 4.78 is 33.8. The highest BCUT2D eigenvalue weighted by Gasteiger charge is 2.16. The molecule has 0 aromatic carbocycles. The predicted octanol–water partition coefficient (Wildman–Crippen LogP) is 0.442. The maximum absolute atomic E-state index is 12.6. The molecule has 1 N–H and O–H groups in total. The Balaban J connectivity index is 3.54. The van der Waals surface area contributed by atoms with E-state index in [1.54, 1.807) is 0 Å². The molecule has 4 nitrogen and oxygen atoms in total. The molecule has 0 aliphatic heterocycles. The fourth-order valence-corrected chi connectivity index (χ4v) is 1.52. The van der Waals surface area contributed by atoms with Crippen molar-refractivity contribution in [2.45, 2.75) is 4.90 Å². The quantitative estimate of drug-likeness (QED) is 0.686. The highest BCUT2D eigenvalue weighted by Crippen LogP contribution is 2.15. The number of nitrogens with one attached hydrogen (secondary N) is 1. The summed E-state index contributed by atoms with van der Waals surface area (Å²) >= 11 is 0. The van der Waals surface area contributed by atoms with Gasteiger partial charge in [-0.2, -0.15) is 0 Å². The van der Waals surface area contributed by atoms with Gasteiger partial charge >= 0.3 is 0 Å². The minimum Gasteiger partial charge on any atom is -0.326 e. The van der Waals surface area contributed by atoms with E-state index in [0.717, 1.165) is 0 Å². The lowest BCUT2D eigenvalue weighted by Gasteiger charge is -1.94. The first-order valence-corrected chi connectivity index (χ1v) is 5.05. The van der Waals surface area contributed by atoms with E-state index >= 15 is 0 Å². The van der Waals surface area contributed by atoms with Crippen LogP contribution in [0, 0.1) is 5.82 Å². The van der Waals surface area contributed by atoms with Crippen LogP contribution in [0.15, 0.2) is 22.0 Å². The number of hydrogen-bond donors (Lipinski definition) is 1. The van der Waals surface area contributed by atoms with Gasteiger partial charge in [0.1, 0.15) is 4.90 Å². The van der Waals surface area contributed by atoms with E-state index in [-0.39, 0.29) is 0 Å². The Kier molecular flexibility index (Phi) is 2.20. The molecule has 0 aliphatic carbocycles. The summed E-state index contributed by atoms with van der Waals surface area (Å²) in [6.07, 6.45) is 0.637. The number of aromatic amines is 1. The number of pyridine rings is 1. The van der Waals surface area contributed by atoms with Crippen molar-refractivity contribution in [1.82, 2.24) is 4.98 Å². The molecule has 66 valence electrons. The van der Waals surface area contributed by atoms with Crippen LogP contribution in [0.3, 0.4) is 0 Å². The van der Waals surface area contributed by atoms with Gasteiger partial charge in [-0.05, 0) is 0 Å². The van der Waals surface area contributed by atoms with Crippen molar-refractivity contribution >= 4 is 19.7 Å². The molecule has 1 aromatic rings. The molecule has 0 amide bonds. The fraction of sp³-hybridized carbons (Fsp3) is 0. The van der Waals surface area contributed by atoms with Crippen LogP contribution >= 0.6 is 10.7 Å². The lowest BCUT2D eigenvalue weighted by atomic mass is 10.5. The minimum absolute atomic E-state index is 0.581. The lowest BCUT2D eigenvalue weighted by Crippen LogP contribution is -2.08. The SMILES string of the molecule is O=c1cc(S(=O)(=O)Cl)c(F)c[nH]1. The molecular weight excluding hydrogens is 209 g/mol. The zero-order valence-corrected chi connectivity index (χ0v) is 7.12. The highest BCUT2D eigenvalue weighted by molar-refractivity contribution is 8.13. The molecule has 0 aliphatic rings. The Labute approximate surface area is 71.4 Å². The van der Waals surface area contributed by atoms with Gasteiger partial charge in [-0.15, -0.1) is 0 Å². The number of hydrogen-bond acceptors (Lipinski definition) is 3. The number of rotatable bonds is 1. The molecule has 0 saturated heterocycles. The first kappa shape index (κ1) is 9.21. The summed E-state index contributed by atoms with van der Waals surface area (Å²) in [4.78, 5) is 11.7. The summed E-state index contributed by atoms with van der Waals surface area (Å²) in [7, 11) is 0.636. The molecule has 0 fully saturated rings. The van der Waals surface area contributed by atoms with Crippen LogP contribution in [0.4, 0.5) is 4.39 Å². The second-order valence-corrected chi connectivity index (χ2v) is 4.48. The van der Waals surface area contributed by atoms with Gasteiger partial charge in [-0.1, -0.05) is 0 Å². The standard InChI is InChI=1S/C5H3ClFNO3S/c6-12(10,11)4-1-5(9)8-2-3(4)7/h1-2H,(H,8,9). The molecule has 1 rings (SSSR count). The Hall–Kier alpha value is -0.880. The monoisotopic (exact) mass is 211 g/mol. The van der Waals surface area contributed by atoms with Crippen molar-refractivity contribution in [2.24, 2.45) is 0 Å². The van der Waals surface area contributed by atoms with Crippen molar-refractivity contribution in [2.75, 3.05) is 0 Å². The van der Waals surface area contributed by atoms with E-state index in [1.165, 1.54) is 0 Å². The third-order valence-electron chi connectivity index (χ3n) is 1.10. The van der Waals surface area contributed by atoms with Gasteiger partial charge in [0, 0.05) is 22.9 Å². The van der Waals surface area contributed by atoms with Crippen molar-refractivity contribution in [1.29, 1.82) is 0 Å². The number of aromatic nitrogens is 1. The average molecular weight is 212 g/mol. The molecule has 7 heteroatoms. The summed E-state index contributed by atoms with van der Waals surface area (Å²) in [5.74, 6) is -1.08. The zero-order valence-electron chi connectivity index (χ0n) is 5.54. The predicted molar refractivity (Wildman–Crippen MR) is 40.1 cm³/mol. The van der Waals surface area contributed by atoms with Gasteiger partial charge in [-0.3, -0.25) is 4.79 Å².